The van der Waals surface area contributed by atoms with Crippen LogP contribution in [-0.4, -0.2) is 68.5 Å². The Kier molecular flexibility index (Phi) is 6.41. The van der Waals surface area contributed by atoms with E-state index in [4.69, 9.17) is 23.9 Å². The quantitative estimate of drug-likeness (QED) is 0.529. The Morgan fingerprint density at radius 3 is 2.47 bits per heavy atom. The molecule has 0 aromatic heterocycles. The Morgan fingerprint density at radius 1 is 0.917 bits per heavy atom. The van der Waals surface area contributed by atoms with Crippen molar-refractivity contribution in [2.24, 2.45) is 4.99 Å². The van der Waals surface area contributed by atoms with Gasteiger partial charge in [-0.25, -0.2) is 4.99 Å². The van der Waals surface area contributed by atoms with Gasteiger partial charge < -0.3 is 28.7 Å². The lowest BCUT2D eigenvalue weighted by molar-refractivity contribution is 0.0581. The standard InChI is InChI=1S/C28H29N3O5/c1-18-17-30(13-14-31(18)28(32)19-9-12-24(34-3)26(15-19)35-4)27-21-11-10-20(33-2)16-25(21)36-23-8-6-5-7-22(23)29-27/h5-12,15-16,18H,13-14,17H2,1-4H3. The number of nitrogens with zero attached hydrogens (tertiary/aromatic N) is 3. The van der Waals surface area contributed by atoms with E-state index in [-0.39, 0.29) is 11.9 Å². The summed E-state index contributed by atoms with van der Waals surface area (Å²) in [6.07, 6.45) is 0. The lowest BCUT2D eigenvalue weighted by Gasteiger charge is -2.41. The molecule has 0 bridgehead atoms. The average Bonchev–Trinajstić information content (AvgIpc) is 3.08. The number of amides is 1. The summed E-state index contributed by atoms with van der Waals surface area (Å²) in [6.45, 7) is 3.88. The van der Waals surface area contributed by atoms with Crippen LogP contribution in [-0.2, 0) is 0 Å². The van der Waals surface area contributed by atoms with Crippen molar-refractivity contribution in [1.82, 2.24) is 9.80 Å². The van der Waals surface area contributed by atoms with Crippen LogP contribution >= 0.6 is 0 Å². The molecule has 0 N–H and O–H groups in total. The van der Waals surface area contributed by atoms with E-state index in [0.29, 0.717) is 53.9 Å². The van der Waals surface area contributed by atoms with Crippen molar-refractivity contribution in [3.05, 3.63) is 71.8 Å². The van der Waals surface area contributed by atoms with Gasteiger partial charge in [-0.3, -0.25) is 4.79 Å². The van der Waals surface area contributed by atoms with Gasteiger partial charge in [0, 0.05) is 37.3 Å². The van der Waals surface area contributed by atoms with Crippen molar-refractivity contribution in [2.45, 2.75) is 13.0 Å². The van der Waals surface area contributed by atoms with E-state index in [1.807, 2.05) is 47.4 Å². The van der Waals surface area contributed by atoms with E-state index in [1.165, 1.54) is 0 Å². The minimum Gasteiger partial charge on any atom is -0.497 e. The molecule has 2 aliphatic rings. The van der Waals surface area contributed by atoms with Crippen LogP contribution in [0.2, 0.25) is 0 Å². The molecule has 1 fully saturated rings. The molecule has 1 amide bonds. The van der Waals surface area contributed by atoms with Gasteiger partial charge in [0.15, 0.2) is 17.2 Å². The number of piperazine rings is 1. The largest absolute Gasteiger partial charge is 0.497 e. The number of para-hydroxylation sites is 2. The minimum absolute atomic E-state index is 0.0373. The first-order chi connectivity index (χ1) is 17.5. The van der Waals surface area contributed by atoms with Crippen molar-refractivity contribution in [2.75, 3.05) is 41.0 Å². The Balaban J connectivity index is 1.42. The molecule has 2 aliphatic heterocycles. The third-order valence-corrected chi connectivity index (χ3v) is 6.56. The number of aliphatic imine (C=N–C) groups is 1. The van der Waals surface area contributed by atoms with Crippen LogP contribution in [0.15, 0.2) is 65.7 Å². The number of hydrogen-bond donors (Lipinski definition) is 0. The number of carbonyl (C=O) groups is 1. The lowest BCUT2D eigenvalue weighted by Crippen LogP contribution is -2.55. The zero-order valence-corrected chi connectivity index (χ0v) is 20.9. The highest BCUT2D eigenvalue weighted by Crippen LogP contribution is 2.40. The first-order valence-corrected chi connectivity index (χ1v) is 11.8. The third kappa shape index (κ3) is 4.30. The van der Waals surface area contributed by atoms with Crippen molar-refractivity contribution >= 4 is 17.4 Å². The first-order valence-electron chi connectivity index (χ1n) is 11.8. The minimum atomic E-state index is -0.0387. The van der Waals surface area contributed by atoms with Crippen molar-refractivity contribution in [3.63, 3.8) is 0 Å². The topological polar surface area (TPSA) is 72.8 Å². The second-order valence-corrected chi connectivity index (χ2v) is 8.73. The van der Waals surface area contributed by atoms with Crippen LogP contribution in [0.1, 0.15) is 22.8 Å². The molecular formula is C28H29N3O5. The highest BCUT2D eigenvalue weighted by molar-refractivity contribution is 6.04. The SMILES string of the molecule is COc1ccc2c(c1)Oc1ccccc1N=C2N1CCN(C(=O)c2ccc(OC)c(OC)c2)C(C)C1. The summed E-state index contributed by atoms with van der Waals surface area (Å²) in [5.74, 6) is 4.01. The van der Waals surface area contributed by atoms with Gasteiger partial charge in [0.2, 0.25) is 0 Å². The number of benzene rings is 3. The highest BCUT2D eigenvalue weighted by atomic mass is 16.5. The molecule has 1 unspecified atom stereocenters. The number of fused-ring (bicyclic) bond motifs is 2. The Morgan fingerprint density at radius 2 is 1.72 bits per heavy atom. The van der Waals surface area contributed by atoms with Crippen molar-refractivity contribution in [3.8, 4) is 28.7 Å². The first kappa shape index (κ1) is 23.5. The normalized spacial score (nSPS) is 16.7. The maximum absolute atomic E-state index is 13.4. The molecule has 36 heavy (non-hydrogen) atoms. The smallest absolute Gasteiger partial charge is 0.254 e. The molecule has 186 valence electrons. The maximum Gasteiger partial charge on any atom is 0.254 e. The van der Waals surface area contributed by atoms with Gasteiger partial charge in [0.05, 0.1) is 26.9 Å². The molecular weight excluding hydrogens is 458 g/mol. The molecule has 2 heterocycles. The number of methoxy groups -OCH3 is 3. The number of hydrogen-bond acceptors (Lipinski definition) is 7. The summed E-state index contributed by atoms with van der Waals surface area (Å²) in [6, 6.07) is 18.7. The maximum atomic E-state index is 13.4. The molecule has 0 aliphatic carbocycles. The number of carbonyl (C=O) groups excluding carboxylic acids is 1. The fraction of sp³-hybridized carbons (Fsp3) is 0.286. The highest BCUT2D eigenvalue weighted by Gasteiger charge is 2.32. The number of rotatable bonds is 4. The molecule has 3 aromatic carbocycles. The summed E-state index contributed by atoms with van der Waals surface area (Å²) in [4.78, 5) is 22.5. The Bertz CT molecular complexity index is 1320. The molecule has 5 rings (SSSR count). The summed E-state index contributed by atoms with van der Waals surface area (Å²) in [7, 11) is 4.78. The van der Waals surface area contributed by atoms with E-state index in [2.05, 4.69) is 11.8 Å². The van der Waals surface area contributed by atoms with Gasteiger partial charge in [0.1, 0.15) is 23.0 Å². The molecule has 3 aromatic rings. The predicted molar refractivity (Wildman–Crippen MR) is 137 cm³/mol. The van der Waals surface area contributed by atoms with Gasteiger partial charge in [-0.2, -0.15) is 0 Å². The van der Waals surface area contributed by atoms with E-state index in [0.717, 1.165) is 17.1 Å². The van der Waals surface area contributed by atoms with Crippen LogP contribution < -0.4 is 18.9 Å². The molecule has 0 radical (unpaired) electrons. The van der Waals surface area contributed by atoms with Gasteiger partial charge >= 0.3 is 0 Å². The second kappa shape index (κ2) is 9.81. The fourth-order valence-electron chi connectivity index (χ4n) is 4.66. The Labute approximate surface area is 210 Å². The molecule has 1 saturated heterocycles. The predicted octanol–water partition coefficient (Wildman–Crippen LogP) is 4.74. The molecule has 0 saturated carbocycles. The molecule has 8 heteroatoms. The average molecular weight is 488 g/mol. The summed E-state index contributed by atoms with van der Waals surface area (Å²) >= 11 is 0. The van der Waals surface area contributed by atoms with Gasteiger partial charge in [0.25, 0.3) is 5.91 Å². The van der Waals surface area contributed by atoms with E-state index < -0.39 is 0 Å². The van der Waals surface area contributed by atoms with Crippen LogP contribution in [0, 0.1) is 0 Å². The van der Waals surface area contributed by atoms with Gasteiger partial charge in [-0.15, -0.1) is 0 Å². The molecule has 0 spiro atoms. The van der Waals surface area contributed by atoms with E-state index >= 15 is 0 Å². The summed E-state index contributed by atoms with van der Waals surface area (Å²) < 4.78 is 22.4. The van der Waals surface area contributed by atoms with Gasteiger partial charge in [-0.1, -0.05) is 12.1 Å². The van der Waals surface area contributed by atoms with E-state index in [9.17, 15) is 4.79 Å². The second-order valence-electron chi connectivity index (χ2n) is 8.73. The van der Waals surface area contributed by atoms with E-state index in [1.54, 1.807) is 39.5 Å². The lowest BCUT2D eigenvalue weighted by atomic mass is 10.1. The Hall–Kier alpha value is -4.20. The number of ether oxygens (including phenoxy) is 4. The monoisotopic (exact) mass is 487 g/mol. The molecule has 8 nitrogen and oxygen atoms in total. The van der Waals surface area contributed by atoms with Gasteiger partial charge in [-0.05, 0) is 49.4 Å². The summed E-state index contributed by atoms with van der Waals surface area (Å²) in [5, 5.41) is 0. The zero-order chi connectivity index (χ0) is 25.2. The van der Waals surface area contributed by atoms with Crippen LogP contribution in [0.4, 0.5) is 5.69 Å². The zero-order valence-electron chi connectivity index (χ0n) is 20.9. The van der Waals surface area contributed by atoms with Crippen LogP contribution in [0.3, 0.4) is 0 Å². The fourth-order valence-corrected chi connectivity index (χ4v) is 4.66. The van der Waals surface area contributed by atoms with Crippen LogP contribution in [0.25, 0.3) is 0 Å². The molecule has 1 atom stereocenters. The van der Waals surface area contributed by atoms with Crippen LogP contribution in [0.5, 0.6) is 28.7 Å². The number of amidine groups is 1. The van der Waals surface area contributed by atoms with Crippen molar-refractivity contribution in [1.29, 1.82) is 0 Å². The van der Waals surface area contributed by atoms with Crippen molar-refractivity contribution < 1.29 is 23.7 Å². The summed E-state index contributed by atoms with van der Waals surface area (Å²) in [5.41, 5.74) is 2.22. The third-order valence-electron chi connectivity index (χ3n) is 6.56.